The molecule has 0 radical (unpaired) electrons. The number of carbonyl (C=O) groups excluding carboxylic acids is 1. The van der Waals surface area contributed by atoms with Crippen LogP contribution >= 0.6 is 22.7 Å². The molecule has 10 nitrogen and oxygen atoms in total. The number of hydrogen-bond donors (Lipinski definition) is 3. The van der Waals surface area contributed by atoms with Crippen LogP contribution < -0.4 is 16.0 Å². The Morgan fingerprint density at radius 2 is 1.93 bits per heavy atom. The van der Waals surface area contributed by atoms with Crippen LogP contribution in [0.1, 0.15) is 32.9 Å². The second kappa shape index (κ2) is 14.2. The Morgan fingerprint density at radius 1 is 1.09 bits per heavy atom. The maximum absolute atomic E-state index is 12.7. The van der Waals surface area contributed by atoms with Crippen LogP contribution in [0.25, 0.3) is 10.2 Å². The van der Waals surface area contributed by atoms with Gasteiger partial charge in [-0.3, -0.25) is 10.2 Å². The first-order valence-electron chi connectivity index (χ1n) is 14.5. The highest BCUT2D eigenvalue weighted by Gasteiger charge is 2.24. The van der Waals surface area contributed by atoms with E-state index in [0.717, 1.165) is 77.6 Å². The van der Waals surface area contributed by atoms with Crippen molar-refractivity contribution in [1.82, 2.24) is 24.7 Å². The fraction of sp³-hybridized carbons (Fsp3) is 0.419. The highest BCUT2D eigenvalue weighted by Crippen LogP contribution is 2.39. The number of thiophene rings is 1. The number of carbonyl (C=O) groups is 1. The van der Waals surface area contributed by atoms with Crippen LogP contribution in [0, 0.1) is 11.3 Å². The second-order valence-electron chi connectivity index (χ2n) is 11.3. The minimum Gasteiger partial charge on any atom is -0.383 e. The molecule has 3 aromatic heterocycles. The van der Waals surface area contributed by atoms with Gasteiger partial charge in [-0.1, -0.05) is 18.2 Å². The highest BCUT2D eigenvalue weighted by molar-refractivity contribution is 7.19. The lowest BCUT2D eigenvalue weighted by Gasteiger charge is -2.27. The number of rotatable bonds is 12. The topological polar surface area (TPSA) is 112 Å². The van der Waals surface area contributed by atoms with Crippen molar-refractivity contribution in [1.29, 1.82) is 5.26 Å². The summed E-state index contributed by atoms with van der Waals surface area (Å²) in [4.78, 5) is 32.0. The van der Waals surface area contributed by atoms with Crippen LogP contribution in [0.3, 0.4) is 0 Å². The van der Waals surface area contributed by atoms with E-state index in [0.29, 0.717) is 23.7 Å². The van der Waals surface area contributed by atoms with E-state index in [2.05, 4.69) is 60.8 Å². The van der Waals surface area contributed by atoms with E-state index in [-0.39, 0.29) is 6.03 Å². The van der Waals surface area contributed by atoms with Crippen LogP contribution in [0.15, 0.2) is 36.7 Å². The molecule has 4 heterocycles. The SMILES string of the molecule is CN(C)CCCN1CCc2c(sc3ncc(C#N)c(NCCc4cnc(NC(=O)Nc5ccccc5CN(C)C)s4)c23)C1. The molecular formula is C31H39N9OS2. The van der Waals surface area contributed by atoms with Crippen LogP contribution in [0.4, 0.5) is 21.3 Å². The molecule has 0 fully saturated rings. The average molecular weight is 618 g/mol. The number of para-hydroxylation sites is 1. The molecule has 4 aromatic rings. The third kappa shape index (κ3) is 7.87. The summed E-state index contributed by atoms with van der Waals surface area (Å²) < 4.78 is 0. The number of nitrogens with one attached hydrogen (secondary N) is 3. The Kier molecular flexibility index (Phi) is 10.2. The Bertz CT molecular complexity index is 1600. The number of anilines is 3. The zero-order valence-electron chi connectivity index (χ0n) is 25.2. The summed E-state index contributed by atoms with van der Waals surface area (Å²) in [5.41, 5.74) is 4.60. The molecule has 12 heteroatoms. The fourth-order valence-corrected chi connectivity index (χ4v) is 7.39. The molecule has 226 valence electrons. The summed E-state index contributed by atoms with van der Waals surface area (Å²) in [7, 11) is 8.23. The predicted octanol–water partition coefficient (Wildman–Crippen LogP) is 5.29. The first-order valence-corrected chi connectivity index (χ1v) is 16.1. The van der Waals surface area contributed by atoms with E-state index >= 15 is 0 Å². The molecule has 5 rings (SSSR count). The first kappa shape index (κ1) is 30.8. The minimum absolute atomic E-state index is 0.318. The molecule has 43 heavy (non-hydrogen) atoms. The van der Waals surface area contributed by atoms with E-state index in [1.807, 2.05) is 38.4 Å². The molecule has 1 aliphatic heterocycles. The maximum atomic E-state index is 12.7. The maximum Gasteiger partial charge on any atom is 0.325 e. The van der Waals surface area contributed by atoms with Gasteiger partial charge in [0.1, 0.15) is 10.9 Å². The molecular weight excluding hydrogens is 579 g/mol. The number of benzene rings is 1. The molecule has 0 unspecified atom stereocenters. The van der Waals surface area contributed by atoms with Crippen molar-refractivity contribution in [3.63, 3.8) is 0 Å². The van der Waals surface area contributed by atoms with Gasteiger partial charge >= 0.3 is 6.03 Å². The lowest BCUT2D eigenvalue weighted by molar-refractivity contribution is 0.241. The first-order chi connectivity index (χ1) is 20.8. The number of urea groups is 1. The molecule has 0 aliphatic carbocycles. The lowest BCUT2D eigenvalue weighted by atomic mass is 10.0. The van der Waals surface area contributed by atoms with Crippen molar-refractivity contribution in [2.45, 2.75) is 32.4 Å². The number of pyridine rings is 1. The lowest BCUT2D eigenvalue weighted by Crippen LogP contribution is -2.32. The van der Waals surface area contributed by atoms with E-state index in [1.54, 1.807) is 23.7 Å². The molecule has 0 saturated carbocycles. The van der Waals surface area contributed by atoms with Gasteiger partial charge < -0.3 is 20.4 Å². The number of amides is 2. The third-order valence-electron chi connectivity index (χ3n) is 7.35. The van der Waals surface area contributed by atoms with Gasteiger partial charge in [0.15, 0.2) is 5.13 Å². The number of nitrogens with zero attached hydrogens (tertiary/aromatic N) is 6. The zero-order chi connectivity index (χ0) is 30.3. The van der Waals surface area contributed by atoms with Crippen LogP contribution in [0.5, 0.6) is 0 Å². The standard InChI is InChI=1S/C31H39N9OS2/c1-38(2)13-7-14-40-15-11-24-26(20-40)43-29-27(24)28(22(16-32)17-34-29)33-12-10-23-18-35-31(42-23)37-30(41)36-25-9-6-5-8-21(25)19-39(3)4/h5-6,8-9,17-18H,7,10-15,19-20H2,1-4H3,(H,33,34)(H2,35,36,37,41). The predicted molar refractivity (Wildman–Crippen MR) is 177 cm³/mol. The summed E-state index contributed by atoms with van der Waals surface area (Å²) in [5.74, 6) is 0. The summed E-state index contributed by atoms with van der Waals surface area (Å²) in [5, 5.41) is 20.9. The molecule has 0 spiro atoms. The van der Waals surface area contributed by atoms with Crippen LogP contribution in [-0.4, -0.2) is 85.1 Å². The highest BCUT2D eigenvalue weighted by atomic mass is 32.1. The zero-order valence-corrected chi connectivity index (χ0v) is 26.9. The number of thiazole rings is 1. The number of aromatic nitrogens is 2. The Hall–Kier alpha value is -3.60. The third-order valence-corrected chi connectivity index (χ3v) is 9.44. The van der Waals surface area contributed by atoms with Crippen molar-refractivity contribution in [2.75, 3.05) is 70.3 Å². The smallest absolute Gasteiger partial charge is 0.325 e. The van der Waals surface area contributed by atoms with Gasteiger partial charge in [0.2, 0.25) is 0 Å². The quantitative estimate of drug-likeness (QED) is 0.197. The van der Waals surface area contributed by atoms with Crippen molar-refractivity contribution < 1.29 is 4.79 Å². The van der Waals surface area contributed by atoms with Crippen LogP contribution in [0.2, 0.25) is 0 Å². The number of hydrogen-bond acceptors (Lipinski definition) is 10. The van der Waals surface area contributed by atoms with Crippen molar-refractivity contribution in [3.05, 3.63) is 63.1 Å². The molecule has 2 amide bonds. The summed E-state index contributed by atoms with van der Waals surface area (Å²) in [6.45, 7) is 5.51. The Balaban J connectivity index is 1.20. The van der Waals surface area contributed by atoms with E-state index in [4.69, 9.17) is 0 Å². The van der Waals surface area contributed by atoms with Crippen molar-refractivity contribution in [3.8, 4) is 6.07 Å². The normalized spacial score (nSPS) is 13.3. The van der Waals surface area contributed by atoms with Gasteiger partial charge in [-0.2, -0.15) is 5.26 Å². The Morgan fingerprint density at radius 3 is 2.72 bits per heavy atom. The molecule has 1 aliphatic rings. The molecule has 1 aromatic carbocycles. The average Bonchev–Trinajstić information content (AvgIpc) is 3.57. The fourth-order valence-electron chi connectivity index (χ4n) is 5.35. The van der Waals surface area contributed by atoms with Gasteiger partial charge in [0, 0.05) is 65.8 Å². The molecule has 0 bridgehead atoms. The van der Waals surface area contributed by atoms with Gasteiger partial charge in [-0.15, -0.1) is 22.7 Å². The molecule has 0 atom stereocenters. The number of fused-ring (bicyclic) bond motifs is 3. The van der Waals surface area contributed by atoms with Gasteiger partial charge in [-0.05, 0) is 71.3 Å². The van der Waals surface area contributed by atoms with E-state index in [1.165, 1.54) is 21.8 Å². The summed E-state index contributed by atoms with van der Waals surface area (Å²) >= 11 is 3.20. The largest absolute Gasteiger partial charge is 0.383 e. The monoisotopic (exact) mass is 617 g/mol. The van der Waals surface area contributed by atoms with Gasteiger partial charge in [-0.25, -0.2) is 14.8 Å². The van der Waals surface area contributed by atoms with Gasteiger partial charge in [0.05, 0.1) is 11.3 Å². The number of nitriles is 1. The van der Waals surface area contributed by atoms with Crippen molar-refractivity contribution >= 4 is 55.4 Å². The Labute approximate surface area is 261 Å². The van der Waals surface area contributed by atoms with E-state index in [9.17, 15) is 10.1 Å². The summed E-state index contributed by atoms with van der Waals surface area (Å²) in [6, 6.07) is 9.80. The molecule has 3 N–H and O–H groups in total. The minimum atomic E-state index is -0.318. The van der Waals surface area contributed by atoms with Gasteiger partial charge in [0.25, 0.3) is 0 Å². The van der Waals surface area contributed by atoms with Crippen molar-refractivity contribution in [2.24, 2.45) is 0 Å². The van der Waals surface area contributed by atoms with E-state index < -0.39 is 0 Å². The second-order valence-corrected chi connectivity index (χ2v) is 13.5. The molecule has 0 saturated heterocycles. The summed E-state index contributed by atoms with van der Waals surface area (Å²) in [6.07, 6.45) is 6.32. The van der Waals surface area contributed by atoms with Crippen LogP contribution in [-0.2, 0) is 25.9 Å².